The van der Waals surface area contributed by atoms with Gasteiger partial charge in [-0.1, -0.05) is 6.92 Å². The fraction of sp³-hybridized carbons (Fsp3) is 0.417. The quantitative estimate of drug-likeness (QED) is 0.625. The van der Waals surface area contributed by atoms with Gasteiger partial charge in [0.2, 0.25) is 10.0 Å². The number of nitrogens with one attached hydrogen (secondary N) is 1. The number of benzene rings is 1. The molecule has 9 heteroatoms. The number of rotatable bonds is 4. The molecule has 0 spiro atoms. The molecule has 0 aromatic heterocycles. The summed E-state index contributed by atoms with van der Waals surface area (Å²) in [5, 5.41) is 18.5. The molecule has 114 valence electrons. The number of non-ortho nitro benzene ring substituents is 1. The van der Waals surface area contributed by atoms with E-state index >= 15 is 0 Å². The first-order chi connectivity index (χ1) is 9.66. The maximum absolute atomic E-state index is 12.0. The summed E-state index contributed by atoms with van der Waals surface area (Å²) in [6, 6.07) is 2.92. The average Bonchev–Trinajstić information content (AvgIpc) is 2.35. The Kier molecular flexibility index (Phi) is 3.97. The molecule has 1 aromatic carbocycles. The zero-order chi connectivity index (χ0) is 15.8. The smallest absolute Gasteiger partial charge is 0.271 e. The normalized spacial score (nSPS) is 21.4. The van der Waals surface area contributed by atoms with Crippen molar-refractivity contribution in [3.8, 4) is 0 Å². The van der Waals surface area contributed by atoms with Gasteiger partial charge in [0.05, 0.1) is 9.82 Å². The molecule has 0 atom stereocenters. The third kappa shape index (κ3) is 3.56. The van der Waals surface area contributed by atoms with Crippen molar-refractivity contribution < 1.29 is 18.1 Å². The summed E-state index contributed by atoms with van der Waals surface area (Å²) in [5.41, 5.74) is -0.582. The highest BCUT2D eigenvalue weighted by atomic mass is 32.2. The van der Waals surface area contributed by atoms with Crippen molar-refractivity contribution in [2.24, 2.45) is 11.1 Å². The maximum atomic E-state index is 12.0. The van der Waals surface area contributed by atoms with Crippen LogP contribution in [0.3, 0.4) is 0 Å². The summed E-state index contributed by atoms with van der Waals surface area (Å²) in [4.78, 5) is 21.6. The molecule has 21 heavy (non-hydrogen) atoms. The number of amides is 1. The van der Waals surface area contributed by atoms with E-state index in [2.05, 4.69) is 12.2 Å². The van der Waals surface area contributed by atoms with E-state index in [1.165, 1.54) is 0 Å². The molecule has 3 N–H and O–H groups in total. The maximum Gasteiger partial charge on any atom is 0.271 e. The van der Waals surface area contributed by atoms with E-state index in [1.54, 1.807) is 0 Å². The molecule has 0 aliphatic heterocycles. The topological polar surface area (TPSA) is 132 Å². The number of hydrogen-bond acceptors (Lipinski definition) is 5. The lowest BCUT2D eigenvalue weighted by Gasteiger charge is -2.33. The van der Waals surface area contributed by atoms with Crippen LogP contribution in [0, 0.1) is 16.0 Å². The summed E-state index contributed by atoms with van der Waals surface area (Å²) in [6.07, 6.45) is 1.67. The molecule has 2 rings (SSSR count). The van der Waals surface area contributed by atoms with E-state index in [1.807, 2.05) is 0 Å². The summed E-state index contributed by atoms with van der Waals surface area (Å²) >= 11 is 0. The van der Waals surface area contributed by atoms with E-state index in [0.717, 1.165) is 31.0 Å². The molecule has 1 saturated carbocycles. The fourth-order valence-electron chi connectivity index (χ4n) is 2.27. The largest absolute Gasteiger partial charge is 0.349 e. The first kappa shape index (κ1) is 15.4. The number of nitro benzene ring substituents is 1. The molecule has 1 aliphatic rings. The Morgan fingerprint density at radius 3 is 2.48 bits per heavy atom. The zero-order valence-corrected chi connectivity index (χ0v) is 12.1. The van der Waals surface area contributed by atoms with Crippen LogP contribution in [0.1, 0.15) is 30.1 Å². The van der Waals surface area contributed by atoms with Gasteiger partial charge in [-0.15, -0.1) is 0 Å². The number of nitrogens with zero attached hydrogens (tertiary/aromatic N) is 1. The standard InChI is InChI=1S/C12H15N3O5S/c1-7-2-9(3-7)14-12(16)8-4-10(15(17)18)6-11(5-8)21(13,19)20/h4-7,9H,2-3H2,1H3,(H,14,16)(H2,13,19,20). The van der Waals surface area contributed by atoms with Crippen molar-refractivity contribution in [2.45, 2.75) is 30.7 Å². The van der Waals surface area contributed by atoms with Crippen molar-refractivity contribution in [2.75, 3.05) is 0 Å². The van der Waals surface area contributed by atoms with Gasteiger partial charge in [-0.2, -0.15) is 0 Å². The Labute approximate surface area is 121 Å². The summed E-state index contributed by atoms with van der Waals surface area (Å²) in [6.45, 7) is 2.05. The van der Waals surface area contributed by atoms with Gasteiger partial charge in [0.15, 0.2) is 0 Å². The van der Waals surface area contributed by atoms with E-state index < -0.39 is 31.4 Å². The van der Waals surface area contributed by atoms with Gasteiger partial charge in [0.25, 0.3) is 11.6 Å². The van der Waals surface area contributed by atoms with Crippen molar-refractivity contribution >= 4 is 21.6 Å². The summed E-state index contributed by atoms with van der Waals surface area (Å²) in [5.74, 6) is -0.0131. The van der Waals surface area contributed by atoms with Crippen molar-refractivity contribution in [1.82, 2.24) is 5.32 Å². The van der Waals surface area contributed by atoms with E-state index in [-0.39, 0.29) is 11.6 Å². The Morgan fingerprint density at radius 1 is 1.38 bits per heavy atom. The van der Waals surface area contributed by atoms with Gasteiger partial charge in [0.1, 0.15) is 0 Å². The first-order valence-electron chi connectivity index (χ1n) is 6.30. The van der Waals surface area contributed by atoms with E-state index in [0.29, 0.717) is 5.92 Å². The molecular formula is C12H15N3O5S. The van der Waals surface area contributed by atoms with Gasteiger partial charge in [-0.25, -0.2) is 13.6 Å². The Balaban J connectivity index is 2.31. The van der Waals surface area contributed by atoms with Crippen LogP contribution in [0.25, 0.3) is 0 Å². The highest BCUT2D eigenvalue weighted by Crippen LogP contribution is 2.27. The summed E-state index contributed by atoms with van der Waals surface area (Å²) in [7, 11) is -4.13. The van der Waals surface area contributed by atoms with Crippen LogP contribution in [-0.4, -0.2) is 25.3 Å². The molecule has 1 aliphatic carbocycles. The highest BCUT2D eigenvalue weighted by molar-refractivity contribution is 7.89. The number of hydrogen-bond donors (Lipinski definition) is 2. The molecule has 8 nitrogen and oxygen atoms in total. The monoisotopic (exact) mass is 313 g/mol. The van der Waals surface area contributed by atoms with Crippen LogP contribution in [0.15, 0.2) is 23.1 Å². The molecule has 0 bridgehead atoms. The lowest BCUT2D eigenvalue weighted by molar-refractivity contribution is -0.385. The number of nitrogens with two attached hydrogens (primary N) is 1. The van der Waals surface area contributed by atoms with Crippen molar-refractivity contribution in [1.29, 1.82) is 0 Å². The number of nitro groups is 1. The molecule has 0 heterocycles. The molecule has 1 fully saturated rings. The number of sulfonamides is 1. The minimum atomic E-state index is -4.13. The Morgan fingerprint density at radius 2 is 2.00 bits per heavy atom. The highest BCUT2D eigenvalue weighted by Gasteiger charge is 2.28. The van der Waals surface area contributed by atoms with Crippen LogP contribution < -0.4 is 10.5 Å². The molecule has 1 aromatic rings. The minimum Gasteiger partial charge on any atom is -0.349 e. The molecule has 0 saturated heterocycles. The molecule has 0 radical (unpaired) electrons. The molecule has 1 amide bonds. The third-order valence-electron chi connectivity index (χ3n) is 3.40. The predicted molar refractivity (Wildman–Crippen MR) is 74.1 cm³/mol. The Bertz CT molecular complexity index is 695. The lowest BCUT2D eigenvalue weighted by Crippen LogP contribution is -2.43. The van der Waals surface area contributed by atoms with Gasteiger partial charge >= 0.3 is 0 Å². The number of carbonyl (C=O) groups is 1. The minimum absolute atomic E-state index is 0.0182. The zero-order valence-electron chi connectivity index (χ0n) is 11.3. The summed E-state index contributed by atoms with van der Waals surface area (Å²) < 4.78 is 22.7. The van der Waals surface area contributed by atoms with Gasteiger partial charge in [-0.3, -0.25) is 14.9 Å². The van der Waals surface area contributed by atoms with Crippen molar-refractivity contribution in [3.05, 3.63) is 33.9 Å². The SMILES string of the molecule is CC1CC(NC(=O)c2cc([N+](=O)[O-])cc(S(N)(=O)=O)c2)C1. The van der Waals surface area contributed by atoms with E-state index in [9.17, 15) is 23.3 Å². The van der Waals surface area contributed by atoms with Crippen LogP contribution >= 0.6 is 0 Å². The van der Waals surface area contributed by atoms with Gasteiger partial charge in [-0.05, 0) is 24.8 Å². The number of primary sulfonamides is 1. The fourth-order valence-corrected chi connectivity index (χ4v) is 2.85. The van der Waals surface area contributed by atoms with E-state index in [4.69, 9.17) is 5.14 Å². The van der Waals surface area contributed by atoms with Crippen molar-refractivity contribution in [3.63, 3.8) is 0 Å². The van der Waals surface area contributed by atoms with Gasteiger partial charge in [0, 0.05) is 23.7 Å². The second kappa shape index (κ2) is 5.41. The second-order valence-corrected chi connectivity index (χ2v) is 6.83. The van der Waals surface area contributed by atoms with Gasteiger partial charge < -0.3 is 5.32 Å². The average molecular weight is 313 g/mol. The number of carbonyl (C=O) groups excluding carboxylic acids is 1. The first-order valence-corrected chi connectivity index (χ1v) is 7.84. The van der Waals surface area contributed by atoms with Crippen LogP contribution in [0.5, 0.6) is 0 Å². The molecule has 0 unspecified atom stereocenters. The van der Waals surface area contributed by atoms with Crippen LogP contribution in [0.2, 0.25) is 0 Å². The Hall–Kier alpha value is -2.00. The second-order valence-electron chi connectivity index (χ2n) is 5.26. The predicted octanol–water partition coefficient (Wildman–Crippen LogP) is 0.770. The lowest BCUT2D eigenvalue weighted by atomic mass is 9.82. The molecular weight excluding hydrogens is 298 g/mol. The van der Waals surface area contributed by atoms with Crippen LogP contribution in [-0.2, 0) is 10.0 Å². The third-order valence-corrected chi connectivity index (χ3v) is 4.29. The van der Waals surface area contributed by atoms with Crippen LogP contribution in [0.4, 0.5) is 5.69 Å².